The standard InChI is InChI=1S/C33H33Cl2N5O4/c1-44-31-13-8-23(20-30(41)39-18-16-38(15-14-36)17-19-39)27-21-24(34)9-12-29(27)40(31)33(43)22-6-10-25(11-7-22)37-32(42)26-4-2-3-5-28(26)35/h2-7,9-12,21,23,31H,8,13,15-20H2,1H3,(H,37,42). The summed E-state index contributed by atoms with van der Waals surface area (Å²) in [5.41, 5.74) is 2.76. The summed E-state index contributed by atoms with van der Waals surface area (Å²) in [6.07, 6.45) is 0.873. The molecule has 3 aromatic rings. The van der Waals surface area contributed by atoms with Crippen molar-refractivity contribution in [2.75, 3.05) is 50.1 Å². The Bertz CT molecular complexity index is 1570. The molecule has 0 bridgehead atoms. The van der Waals surface area contributed by atoms with Gasteiger partial charge in [0, 0.05) is 56.0 Å². The Kier molecular flexibility index (Phi) is 10.2. The van der Waals surface area contributed by atoms with Crippen molar-refractivity contribution in [2.24, 2.45) is 0 Å². The van der Waals surface area contributed by atoms with Crippen LogP contribution in [0.1, 0.15) is 51.5 Å². The molecule has 2 aliphatic rings. The van der Waals surface area contributed by atoms with Crippen molar-refractivity contribution < 1.29 is 19.1 Å². The number of carbonyl (C=O) groups excluding carboxylic acids is 3. The van der Waals surface area contributed by atoms with E-state index in [1.807, 2.05) is 21.9 Å². The zero-order valence-electron chi connectivity index (χ0n) is 24.3. The minimum atomic E-state index is -0.559. The lowest BCUT2D eigenvalue weighted by Crippen LogP contribution is -2.48. The number of hydrogen-bond acceptors (Lipinski definition) is 6. The summed E-state index contributed by atoms with van der Waals surface area (Å²) in [6, 6.07) is 21.0. The van der Waals surface area contributed by atoms with Gasteiger partial charge in [-0.3, -0.25) is 24.2 Å². The van der Waals surface area contributed by atoms with E-state index in [1.165, 1.54) is 0 Å². The first-order chi connectivity index (χ1) is 21.3. The van der Waals surface area contributed by atoms with Gasteiger partial charge in [0.15, 0.2) is 0 Å². The first-order valence-corrected chi connectivity index (χ1v) is 15.2. The van der Waals surface area contributed by atoms with Crippen LogP contribution in [-0.2, 0) is 9.53 Å². The molecular weight excluding hydrogens is 601 g/mol. The van der Waals surface area contributed by atoms with Crippen LogP contribution in [0.2, 0.25) is 10.0 Å². The number of hydrogen-bond donors (Lipinski definition) is 1. The Balaban J connectivity index is 1.35. The average molecular weight is 635 g/mol. The van der Waals surface area contributed by atoms with Gasteiger partial charge >= 0.3 is 0 Å². The molecule has 0 saturated carbocycles. The summed E-state index contributed by atoms with van der Waals surface area (Å²) < 4.78 is 5.83. The number of nitriles is 1. The van der Waals surface area contributed by atoms with Gasteiger partial charge in [0.2, 0.25) is 5.91 Å². The number of piperazine rings is 1. The van der Waals surface area contributed by atoms with Gasteiger partial charge in [-0.05, 0) is 78.9 Å². The van der Waals surface area contributed by atoms with Gasteiger partial charge in [0.1, 0.15) is 6.23 Å². The number of rotatable bonds is 7. The van der Waals surface area contributed by atoms with E-state index in [4.69, 9.17) is 33.2 Å². The number of amides is 3. The lowest BCUT2D eigenvalue weighted by atomic mass is 9.90. The summed E-state index contributed by atoms with van der Waals surface area (Å²) in [7, 11) is 1.57. The van der Waals surface area contributed by atoms with E-state index >= 15 is 0 Å². The van der Waals surface area contributed by atoms with Crippen LogP contribution in [0.5, 0.6) is 0 Å². The predicted molar refractivity (Wildman–Crippen MR) is 170 cm³/mol. The zero-order valence-corrected chi connectivity index (χ0v) is 25.9. The van der Waals surface area contributed by atoms with Gasteiger partial charge in [-0.15, -0.1) is 0 Å². The van der Waals surface area contributed by atoms with Crippen molar-refractivity contribution in [2.45, 2.75) is 31.4 Å². The number of carbonyl (C=O) groups is 3. The molecule has 2 unspecified atom stereocenters. The fourth-order valence-electron chi connectivity index (χ4n) is 5.80. The molecule has 2 aliphatic heterocycles. The largest absolute Gasteiger partial charge is 0.361 e. The normalized spacial score (nSPS) is 18.6. The van der Waals surface area contributed by atoms with E-state index in [9.17, 15) is 14.4 Å². The molecule has 2 heterocycles. The third-order valence-electron chi connectivity index (χ3n) is 8.18. The van der Waals surface area contributed by atoms with E-state index in [0.29, 0.717) is 78.1 Å². The lowest BCUT2D eigenvalue weighted by Gasteiger charge is -2.34. The van der Waals surface area contributed by atoms with E-state index in [2.05, 4.69) is 11.4 Å². The maximum atomic E-state index is 14.0. The van der Waals surface area contributed by atoms with Gasteiger partial charge in [0.05, 0.1) is 28.9 Å². The molecule has 1 fully saturated rings. The lowest BCUT2D eigenvalue weighted by molar-refractivity contribution is -0.133. The second kappa shape index (κ2) is 14.2. The Morgan fingerprint density at radius 1 is 0.977 bits per heavy atom. The van der Waals surface area contributed by atoms with Gasteiger partial charge in [-0.2, -0.15) is 5.26 Å². The fourth-order valence-corrected chi connectivity index (χ4v) is 6.21. The van der Waals surface area contributed by atoms with Crippen molar-refractivity contribution >= 4 is 52.3 Å². The molecule has 44 heavy (non-hydrogen) atoms. The fraction of sp³-hybridized carbons (Fsp3) is 0.333. The predicted octanol–water partition coefficient (Wildman–Crippen LogP) is 5.80. The number of anilines is 2. The Morgan fingerprint density at radius 2 is 1.70 bits per heavy atom. The number of benzene rings is 3. The van der Waals surface area contributed by atoms with Crippen LogP contribution in [0, 0.1) is 11.3 Å². The van der Waals surface area contributed by atoms with Gasteiger partial charge < -0.3 is 15.0 Å². The van der Waals surface area contributed by atoms with Crippen LogP contribution in [0.15, 0.2) is 66.7 Å². The maximum absolute atomic E-state index is 14.0. The average Bonchev–Trinajstić information content (AvgIpc) is 3.18. The molecule has 0 radical (unpaired) electrons. The highest BCUT2D eigenvalue weighted by atomic mass is 35.5. The van der Waals surface area contributed by atoms with E-state index in [-0.39, 0.29) is 30.1 Å². The minimum Gasteiger partial charge on any atom is -0.361 e. The van der Waals surface area contributed by atoms with Gasteiger partial charge in [0.25, 0.3) is 11.8 Å². The molecule has 11 heteroatoms. The van der Waals surface area contributed by atoms with E-state index in [1.54, 1.807) is 66.6 Å². The molecule has 3 aromatic carbocycles. The number of halogens is 2. The summed E-state index contributed by atoms with van der Waals surface area (Å²) in [5, 5.41) is 12.7. The van der Waals surface area contributed by atoms with Crippen LogP contribution in [0.4, 0.5) is 11.4 Å². The van der Waals surface area contributed by atoms with Crippen molar-refractivity contribution in [1.82, 2.24) is 9.80 Å². The Hall–Kier alpha value is -3.94. The van der Waals surface area contributed by atoms with Crippen LogP contribution in [0.25, 0.3) is 0 Å². The maximum Gasteiger partial charge on any atom is 0.260 e. The van der Waals surface area contributed by atoms with Gasteiger partial charge in [-0.1, -0.05) is 35.3 Å². The summed E-state index contributed by atoms with van der Waals surface area (Å²) in [4.78, 5) is 45.7. The van der Waals surface area contributed by atoms with Crippen LogP contribution in [-0.4, -0.2) is 73.6 Å². The first kappa shape index (κ1) is 31.5. The Morgan fingerprint density at radius 3 is 2.39 bits per heavy atom. The van der Waals surface area contributed by atoms with Crippen LogP contribution >= 0.6 is 23.2 Å². The Labute approximate surface area is 266 Å². The summed E-state index contributed by atoms with van der Waals surface area (Å²) in [6.45, 7) is 2.86. The van der Waals surface area contributed by atoms with Crippen LogP contribution < -0.4 is 10.2 Å². The quantitative estimate of drug-likeness (QED) is 0.330. The number of ether oxygens (including phenoxy) is 1. The number of methoxy groups -OCH3 is 1. The molecular formula is C33H33Cl2N5O4. The molecule has 1 N–H and O–H groups in total. The highest BCUT2D eigenvalue weighted by Crippen LogP contribution is 2.41. The summed E-state index contributed by atoms with van der Waals surface area (Å²) in [5.74, 6) is -0.742. The van der Waals surface area contributed by atoms with E-state index in [0.717, 1.165) is 5.56 Å². The molecule has 5 rings (SSSR count). The monoisotopic (exact) mass is 633 g/mol. The highest BCUT2D eigenvalue weighted by Gasteiger charge is 2.35. The smallest absolute Gasteiger partial charge is 0.260 e. The third kappa shape index (κ3) is 7.06. The topological polar surface area (TPSA) is 106 Å². The SMILES string of the molecule is COC1CCC(CC(=O)N2CCN(CC#N)CC2)c2cc(Cl)ccc2N1C(=O)c1ccc(NC(=O)c2ccccc2Cl)cc1. The molecule has 1 saturated heterocycles. The molecule has 0 aromatic heterocycles. The van der Waals surface area contributed by atoms with Crippen molar-refractivity contribution in [3.05, 3.63) is 93.5 Å². The second-order valence-corrected chi connectivity index (χ2v) is 11.7. The van der Waals surface area contributed by atoms with Gasteiger partial charge in [-0.25, -0.2) is 0 Å². The number of nitrogens with one attached hydrogen (secondary N) is 1. The van der Waals surface area contributed by atoms with Crippen LogP contribution in [0.3, 0.4) is 0 Å². The summed E-state index contributed by atoms with van der Waals surface area (Å²) >= 11 is 12.6. The molecule has 2 atom stereocenters. The zero-order chi connectivity index (χ0) is 31.2. The molecule has 0 spiro atoms. The van der Waals surface area contributed by atoms with Crippen molar-refractivity contribution in [1.29, 1.82) is 5.26 Å². The number of nitrogens with zero attached hydrogens (tertiary/aromatic N) is 4. The molecule has 3 amide bonds. The van der Waals surface area contributed by atoms with Crippen molar-refractivity contribution in [3.63, 3.8) is 0 Å². The molecule has 228 valence electrons. The second-order valence-electron chi connectivity index (χ2n) is 10.9. The minimum absolute atomic E-state index is 0.0423. The molecule has 0 aliphatic carbocycles. The van der Waals surface area contributed by atoms with E-state index < -0.39 is 6.23 Å². The number of fused-ring (bicyclic) bond motifs is 1. The third-order valence-corrected chi connectivity index (χ3v) is 8.74. The van der Waals surface area contributed by atoms with Crippen molar-refractivity contribution in [3.8, 4) is 6.07 Å². The molecule has 9 nitrogen and oxygen atoms in total. The first-order valence-electron chi connectivity index (χ1n) is 14.5. The highest BCUT2D eigenvalue weighted by molar-refractivity contribution is 6.34.